The summed E-state index contributed by atoms with van der Waals surface area (Å²) in [5.41, 5.74) is 5.16. The van der Waals surface area contributed by atoms with Crippen molar-refractivity contribution >= 4 is 17.3 Å². The maximum absolute atomic E-state index is 11.1. The Labute approximate surface area is 116 Å². The lowest BCUT2D eigenvalue weighted by molar-refractivity contribution is -0.384. The van der Waals surface area contributed by atoms with Crippen LogP contribution in [-0.2, 0) is 4.79 Å². The molecule has 0 saturated carbocycles. The molecule has 0 aliphatic rings. The van der Waals surface area contributed by atoms with Crippen molar-refractivity contribution in [2.24, 2.45) is 5.73 Å². The van der Waals surface area contributed by atoms with Crippen molar-refractivity contribution in [1.29, 1.82) is 0 Å². The van der Waals surface area contributed by atoms with Gasteiger partial charge in [-0.1, -0.05) is 0 Å². The number of rotatable bonds is 7. The normalized spacial score (nSPS) is 11.6. The number of methoxy groups -OCH3 is 2. The number of nitro benzene ring substituents is 1. The molecular formula is C12H17N3O5. The van der Waals surface area contributed by atoms with Crippen LogP contribution in [0.4, 0.5) is 11.4 Å². The number of ether oxygens (including phenoxy) is 2. The van der Waals surface area contributed by atoms with E-state index in [0.717, 1.165) is 0 Å². The predicted molar refractivity (Wildman–Crippen MR) is 73.1 cm³/mol. The zero-order chi connectivity index (χ0) is 15.3. The smallest absolute Gasteiger partial charge is 0.296 e. The average molecular weight is 283 g/mol. The van der Waals surface area contributed by atoms with Gasteiger partial charge in [-0.25, -0.2) is 0 Å². The lowest BCUT2D eigenvalue weighted by atomic mass is 10.2. The van der Waals surface area contributed by atoms with Crippen LogP contribution in [0.5, 0.6) is 11.5 Å². The lowest BCUT2D eigenvalue weighted by Crippen LogP contribution is -2.24. The molecule has 0 bridgehead atoms. The number of hydrogen-bond donors (Lipinski definition) is 2. The minimum Gasteiger partial charge on any atom is -0.493 e. The summed E-state index contributed by atoms with van der Waals surface area (Å²) in [6, 6.07) is 2.37. The number of anilines is 1. The molecule has 1 amide bonds. The Bertz CT molecular complexity index is 518. The summed E-state index contributed by atoms with van der Waals surface area (Å²) in [6.07, 6.45) is 0.0610. The van der Waals surface area contributed by atoms with Gasteiger partial charge >= 0.3 is 0 Å². The molecule has 1 aromatic carbocycles. The molecule has 0 aliphatic heterocycles. The summed E-state index contributed by atoms with van der Waals surface area (Å²) in [7, 11) is 2.82. The first kappa shape index (κ1) is 15.5. The Hall–Kier alpha value is -2.51. The minimum atomic E-state index is -0.540. The van der Waals surface area contributed by atoms with E-state index in [-0.39, 0.29) is 29.6 Å². The highest BCUT2D eigenvalue weighted by Gasteiger charge is 2.21. The van der Waals surface area contributed by atoms with Crippen LogP contribution in [-0.4, -0.2) is 31.1 Å². The number of carbonyl (C=O) groups is 1. The number of carbonyl (C=O) groups excluding carboxylic acids is 1. The molecule has 3 N–H and O–H groups in total. The second kappa shape index (κ2) is 6.60. The number of amides is 1. The Morgan fingerprint density at radius 2 is 1.95 bits per heavy atom. The first-order chi connectivity index (χ1) is 9.38. The van der Waals surface area contributed by atoms with Crippen LogP contribution in [0.3, 0.4) is 0 Å². The number of nitro groups is 1. The van der Waals surface area contributed by atoms with E-state index < -0.39 is 10.8 Å². The van der Waals surface area contributed by atoms with Gasteiger partial charge in [0.1, 0.15) is 5.69 Å². The summed E-state index contributed by atoms with van der Waals surface area (Å²) in [5, 5.41) is 13.9. The molecule has 0 fully saturated rings. The summed E-state index contributed by atoms with van der Waals surface area (Å²) >= 11 is 0. The number of nitrogens with zero attached hydrogens (tertiary/aromatic N) is 1. The fourth-order valence-corrected chi connectivity index (χ4v) is 1.75. The Morgan fingerprint density at radius 1 is 1.40 bits per heavy atom. The van der Waals surface area contributed by atoms with Crippen LogP contribution in [0.25, 0.3) is 0 Å². The molecular weight excluding hydrogens is 266 g/mol. The van der Waals surface area contributed by atoms with Crippen molar-refractivity contribution in [3.63, 3.8) is 0 Å². The molecule has 0 saturated heterocycles. The van der Waals surface area contributed by atoms with Gasteiger partial charge < -0.3 is 20.5 Å². The minimum absolute atomic E-state index is 0.0610. The largest absolute Gasteiger partial charge is 0.493 e. The van der Waals surface area contributed by atoms with Gasteiger partial charge in [-0.2, -0.15) is 0 Å². The SMILES string of the molecule is COc1cc(NC(C)CC(N)=O)c([N+](=O)[O-])cc1OC. The van der Waals surface area contributed by atoms with Crippen LogP contribution in [0.1, 0.15) is 13.3 Å². The zero-order valence-electron chi connectivity index (χ0n) is 11.5. The second-order valence-electron chi connectivity index (χ2n) is 4.20. The van der Waals surface area contributed by atoms with Gasteiger partial charge in [-0.15, -0.1) is 0 Å². The molecule has 0 spiro atoms. The third-order valence-corrected chi connectivity index (χ3v) is 2.61. The highest BCUT2D eigenvalue weighted by Crippen LogP contribution is 2.37. The molecule has 0 heterocycles. The number of nitrogens with one attached hydrogen (secondary N) is 1. The first-order valence-corrected chi connectivity index (χ1v) is 5.84. The monoisotopic (exact) mass is 283 g/mol. The van der Waals surface area contributed by atoms with E-state index in [2.05, 4.69) is 5.32 Å². The summed E-state index contributed by atoms with van der Waals surface area (Å²) in [6.45, 7) is 1.70. The summed E-state index contributed by atoms with van der Waals surface area (Å²) in [4.78, 5) is 21.4. The van der Waals surface area contributed by atoms with Crippen LogP contribution >= 0.6 is 0 Å². The molecule has 1 aromatic rings. The van der Waals surface area contributed by atoms with Gasteiger partial charge in [0.25, 0.3) is 5.69 Å². The quantitative estimate of drug-likeness (QED) is 0.575. The molecule has 1 unspecified atom stereocenters. The van der Waals surface area contributed by atoms with E-state index >= 15 is 0 Å². The summed E-state index contributed by atoms with van der Waals surface area (Å²) in [5.74, 6) is 0.118. The fourth-order valence-electron chi connectivity index (χ4n) is 1.75. The average Bonchev–Trinajstić information content (AvgIpc) is 2.36. The van der Waals surface area contributed by atoms with E-state index in [1.165, 1.54) is 26.4 Å². The van der Waals surface area contributed by atoms with E-state index in [9.17, 15) is 14.9 Å². The Balaban J connectivity index is 3.15. The van der Waals surface area contributed by atoms with Crippen molar-refractivity contribution in [1.82, 2.24) is 0 Å². The van der Waals surface area contributed by atoms with Gasteiger partial charge in [0.15, 0.2) is 11.5 Å². The molecule has 0 radical (unpaired) electrons. The maximum Gasteiger partial charge on any atom is 0.296 e. The van der Waals surface area contributed by atoms with E-state index in [1.54, 1.807) is 6.92 Å². The molecule has 1 atom stereocenters. The van der Waals surface area contributed by atoms with Gasteiger partial charge in [0, 0.05) is 18.5 Å². The van der Waals surface area contributed by atoms with Gasteiger partial charge in [0.05, 0.1) is 25.2 Å². The van der Waals surface area contributed by atoms with Crippen LogP contribution in [0.2, 0.25) is 0 Å². The van der Waals surface area contributed by atoms with Crippen molar-refractivity contribution in [3.8, 4) is 11.5 Å². The van der Waals surface area contributed by atoms with Crippen LogP contribution in [0, 0.1) is 10.1 Å². The highest BCUT2D eigenvalue weighted by atomic mass is 16.6. The third kappa shape index (κ3) is 3.74. The lowest BCUT2D eigenvalue weighted by Gasteiger charge is -2.15. The molecule has 110 valence electrons. The predicted octanol–water partition coefficient (Wildman–Crippen LogP) is 1.29. The topological polar surface area (TPSA) is 117 Å². The molecule has 0 aromatic heterocycles. The molecule has 1 rings (SSSR count). The maximum atomic E-state index is 11.1. The molecule has 20 heavy (non-hydrogen) atoms. The number of benzene rings is 1. The second-order valence-corrected chi connectivity index (χ2v) is 4.20. The standard InChI is InChI=1S/C12H17N3O5/c1-7(4-12(13)16)14-8-5-10(19-2)11(20-3)6-9(8)15(17)18/h5-7,14H,4H2,1-3H3,(H2,13,16). The van der Waals surface area contributed by atoms with Gasteiger partial charge in [-0.3, -0.25) is 14.9 Å². The molecule has 0 aliphatic carbocycles. The van der Waals surface area contributed by atoms with E-state index in [4.69, 9.17) is 15.2 Å². The van der Waals surface area contributed by atoms with Crippen molar-refractivity contribution in [2.45, 2.75) is 19.4 Å². The number of hydrogen-bond acceptors (Lipinski definition) is 6. The first-order valence-electron chi connectivity index (χ1n) is 5.84. The van der Waals surface area contributed by atoms with Gasteiger partial charge in [-0.05, 0) is 6.92 Å². The number of nitrogens with two attached hydrogens (primary N) is 1. The van der Waals surface area contributed by atoms with Crippen LogP contribution in [0.15, 0.2) is 12.1 Å². The Kier molecular flexibility index (Phi) is 5.13. The number of primary amides is 1. The molecule has 8 heteroatoms. The third-order valence-electron chi connectivity index (χ3n) is 2.61. The Morgan fingerprint density at radius 3 is 2.40 bits per heavy atom. The molecule has 8 nitrogen and oxygen atoms in total. The van der Waals surface area contributed by atoms with Crippen molar-refractivity contribution in [2.75, 3.05) is 19.5 Å². The zero-order valence-corrected chi connectivity index (χ0v) is 11.5. The van der Waals surface area contributed by atoms with Crippen LogP contribution < -0.4 is 20.5 Å². The fraction of sp³-hybridized carbons (Fsp3) is 0.417. The van der Waals surface area contributed by atoms with E-state index in [1.807, 2.05) is 0 Å². The van der Waals surface area contributed by atoms with Crippen molar-refractivity contribution < 1.29 is 19.2 Å². The highest BCUT2D eigenvalue weighted by molar-refractivity contribution is 5.75. The van der Waals surface area contributed by atoms with Gasteiger partial charge in [0.2, 0.25) is 5.91 Å². The summed E-state index contributed by atoms with van der Waals surface area (Å²) < 4.78 is 10.1. The van der Waals surface area contributed by atoms with E-state index in [0.29, 0.717) is 5.75 Å². The van der Waals surface area contributed by atoms with Crippen molar-refractivity contribution in [3.05, 3.63) is 22.2 Å².